The van der Waals surface area contributed by atoms with Crippen LogP contribution in [0.4, 0.5) is 4.79 Å². The average molecular weight is 657 g/mol. The Bertz CT molecular complexity index is 1620. The molecule has 0 aliphatic carbocycles. The lowest BCUT2D eigenvalue weighted by molar-refractivity contribution is -0.269. The summed E-state index contributed by atoms with van der Waals surface area (Å²) in [6.45, 7) is 1.98. The zero-order valence-corrected chi connectivity index (χ0v) is 27.5. The first-order valence-corrected chi connectivity index (χ1v) is 16.8. The van der Waals surface area contributed by atoms with Crippen LogP contribution in [0.15, 0.2) is 146 Å². The quantitative estimate of drug-likeness (QED) is 0.110. The van der Waals surface area contributed by atoms with E-state index in [0.717, 1.165) is 40.0 Å². The molecular weight excluding hydrogens is 614 g/mol. The highest BCUT2D eigenvalue weighted by Crippen LogP contribution is 2.43. The zero-order chi connectivity index (χ0) is 33.9. The van der Waals surface area contributed by atoms with Gasteiger partial charge in [0.1, 0.15) is 17.4 Å². The number of piperidine rings is 1. The molecular formula is C42H42NO6-. The highest BCUT2D eigenvalue weighted by Gasteiger charge is 2.42. The van der Waals surface area contributed by atoms with Crippen LogP contribution in [0.1, 0.15) is 40.2 Å². The minimum absolute atomic E-state index is 0.0358. The number of hydrogen-bond donors (Lipinski definition) is 1. The molecule has 0 saturated carbocycles. The minimum Gasteiger partial charge on any atom is -0.530 e. The topological polar surface area (TPSA) is 91.3 Å². The minimum atomic E-state index is -1.31. The number of hydrogen-bond acceptors (Lipinski definition) is 6. The number of carbonyl (C=O) groups excluding carboxylic acids is 1. The fraction of sp³-hybridized carbons (Fsp3) is 0.262. The van der Waals surface area contributed by atoms with E-state index in [1.54, 1.807) is 0 Å². The number of β-amino-alcohol motifs (C(OH)–C–C–N with tert-alkyl or cyclic N) is 1. The number of amides is 1. The molecule has 3 unspecified atom stereocenters. The second-order valence-corrected chi connectivity index (χ2v) is 12.4. The van der Waals surface area contributed by atoms with Crippen molar-refractivity contribution in [3.63, 3.8) is 0 Å². The molecule has 1 fully saturated rings. The summed E-state index contributed by atoms with van der Waals surface area (Å²) >= 11 is 0. The fourth-order valence-electron chi connectivity index (χ4n) is 6.83. The lowest BCUT2D eigenvalue weighted by Crippen LogP contribution is -2.55. The van der Waals surface area contributed by atoms with Crippen LogP contribution in [0.2, 0.25) is 0 Å². The Labute approximate surface area is 288 Å². The van der Waals surface area contributed by atoms with Gasteiger partial charge in [-0.2, -0.15) is 0 Å². The van der Waals surface area contributed by atoms with E-state index in [0.29, 0.717) is 19.8 Å². The Kier molecular flexibility index (Phi) is 11.4. The predicted octanol–water partition coefficient (Wildman–Crippen LogP) is 6.40. The molecule has 0 radical (unpaired) electrons. The highest BCUT2D eigenvalue weighted by atomic mass is 16.5. The number of aliphatic hydroxyl groups excluding tert-OH is 1. The molecule has 5 aromatic rings. The van der Waals surface area contributed by atoms with Crippen LogP contribution in [0.5, 0.6) is 5.75 Å². The molecule has 0 aromatic heterocycles. The maximum atomic E-state index is 12.1. The van der Waals surface area contributed by atoms with Gasteiger partial charge in [0.25, 0.3) is 0 Å². The number of likely N-dealkylation sites (tertiary alicyclic amines) is 1. The van der Waals surface area contributed by atoms with Gasteiger partial charge in [0.05, 0.1) is 32.5 Å². The lowest BCUT2D eigenvalue weighted by Gasteiger charge is -2.45. The van der Waals surface area contributed by atoms with E-state index in [9.17, 15) is 15.0 Å². The summed E-state index contributed by atoms with van der Waals surface area (Å²) in [5.41, 5.74) is 3.90. The first-order valence-electron chi connectivity index (χ1n) is 16.8. The molecule has 0 spiro atoms. The van der Waals surface area contributed by atoms with Crippen molar-refractivity contribution in [2.45, 2.75) is 30.7 Å². The summed E-state index contributed by atoms with van der Waals surface area (Å²) in [6, 6.07) is 48.0. The van der Waals surface area contributed by atoms with E-state index < -0.39 is 17.8 Å². The molecule has 0 bridgehead atoms. The molecule has 1 amide bonds. The largest absolute Gasteiger partial charge is 0.530 e. The second-order valence-electron chi connectivity index (χ2n) is 12.4. The molecule has 6 rings (SSSR count). The third-order valence-corrected chi connectivity index (χ3v) is 9.18. The summed E-state index contributed by atoms with van der Waals surface area (Å²) in [5, 5.41) is 23.5. The van der Waals surface area contributed by atoms with E-state index in [2.05, 4.69) is 36.4 Å². The molecule has 1 aliphatic heterocycles. The van der Waals surface area contributed by atoms with Gasteiger partial charge in [-0.3, -0.25) is 0 Å². The summed E-state index contributed by atoms with van der Waals surface area (Å²) in [4.78, 5) is 13.3. The van der Waals surface area contributed by atoms with E-state index in [4.69, 9.17) is 14.2 Å². The summed E-state index contributed by atoms with van der Waals surface area (Å²) in [5.74, 6) is -0.0285. The molecule has 3 atom stereocenters. The standard InChI is InChI=1S/C42H43NO6/c44-39-29-43(41(45)46)28-34(40(39)33-22-24-38(25-23-33)48-27-13-26-47-30-32-14-5-1-6-15-32)31-49-42(35-16-7-2-8-17-35,36-18-9-3-10-19-36)37-20-11-4-12-21-37/h1-12,14-25,34,39-40,44H,13,26-31H2,(H,45,46)/p-1. The number of rotatable bonds is 14. The Balaban J connectivity index is 1.20. The van der Waals surface area contributed by atoms with Crippen LogP contribution < -0.4 is 9.84 Å². The van der Waals surface area contributed by atoms with Crippen molar-refractivity contribution in [2.75, 3.05) is 32.9 Å². The molecule has 1 heterocycles. The number of carbonyl (C=O) groups is 1. The lowest BCUT2D eigenvalue weighted by atomic mass is 9.77. The summed E-state index contributed by atoms with van der Waals surface area (Å²) in [6.07, 6.45) is -1.51. The predicted molar refractivity (Wildman–Crippen MR) is 187 cm³/mol. The fourth-order valence-corrected chi connectivity index (χ4v) is 6.83. The highest BCUT2D eigenvalue weighted by molar-refractivity contribution is 5.63. The van der Waals surface area contributed by atoms with Crippen LogP contribution in [-0.4, -0.2) is 55.1 Å². The SMILES string of the molecule is O=C([O-])N1CC(O)C(c2ccc(OCCCOCc3ccccc3)cc2)C(COC(c2ccccc2)(c2ccccc2)c2ccccc2)C1. The first-order chi connectivity index (χ1) is 24.0. The summed E-state index contributed by atoms with van der Waals surface area (Å²) < 4.78 is 18.9. The van der Waals surface area contributed by atoms with Gasteiger partial charge >= 0.3 is 0 Å². The summed E-state index contributed by atoms with van der Waals surface area (Å²) in [7, 11) is 0. The number of aliphatic hydroxyl groups is 1. The Morgan fingerprint density at radius 1 is 0.714 bits per heavy atom. The van der Waals surface area contributed by atoms with Gasteiger partial charge in [-0.1, -0.05) is 133 Å². The third kappa shape index (κ3) is 8.20. The number of carboxylic acid groups (broad SMARTS) is 1. The Morgan fingerprint density at radius 2 is 1.24 bits per heavy atom. The Morgan fingerprint density at radius 3 is 1.78 bits per heavy atom. The van der Waals surface area contributed by atoms with Crippen molar-refractivity contribution >= 4 is 6.09 Å². The van der Waals surface area contributed by atoms with Crippen molar-refractivity contribution in [3.8, 4) is 5.75 Å². The first kappa shape index (κ1) is 33.9. The van der Waals surface area contributed by atoms with Crippen molar-refractivity contribution in [1.29, 1.82) is 0 Å². The zero-order valence-electron chi connectivity index (χ0n) is 27.5. The molecule has 49 heavy (non-hydrogen) atoms. The molecule has 252 valence electrons. The van der Waals surface area contributed by atoms with Crippen molar-refractivity contribution in [3.05, 3.63) is 173 Å². The maximum absolute atomic E-state index is 12.1. The molecule has 7 heteroatoms. The van der Waals surface area contributed by atoms with Crippen molar-refractivity contribution in [1.82, 2.24) is 4.90 Å². The molecule has 1 aliphatic rings. The van der Waals surface area contributed by atoms with Gasteiger partial charge < -0.3 is 34.1 Å². The van der Waals surface area contributed by atoms with E-state index in [-0.39, 0.29) is 31.5 Å². The van der Waals surface area contributed by atoms with Crippen molar-refractivity contribution in [2.24, 2.45) is 5.92 Å². The van der Waals surface area contributed by atoms with Gasteiger partial charge in [0.15, 0.2) is 0 Å². The Hall–Kier alpha value is -4.95. The normalized spacial score (nSPS) is 17.8. The maximum Gasteiger partial charge on any atom is 0.143 e. The van der Waals surface area contributed by atoms with Gasteiger partial charge in [-0.05, 0) is 39.9 Å². The van der Waals surface area contributed by atoms with Crippen LogP contribution in [0.3, 0.4) is 0 Å². The molecule has 7 nitrogen and oxygen atoms in total. The number of benzene rings is 5. The van der Waals surface area contributed by atoms with Crippen molar-refractivity contribution < 1.29 is 29.2 Å². The van der Waals surface area contributed by atoms with Crippen LogP contribution in [-0.2, 0) is 21.7 Å². The average Bonchev–Trinajstić information content (AvgIpc) is 3.15. The van der Waals surface area contributed by atoms with Crippen LogP contribution >= 0.6 is 0 Å². The molecule has 1 saturated heterocycles. The molecule has 5 aromatic carbocycles. The van der Waals surface area contributed by atoms with E-state index >= 15 is 0 Å². The van der Waals surface area contributed by atoms with Gasteiger partial charge in [-0.15, -0.1) is 0 Å². The van der Waals surface area contributed by atoms with Crippen LogP contribution in [0, 0.1) is 5.92 Å². The number of ether oxygens (including phenoxy) is 3. The van der Waals surface area contributed by atoms with Gasteiger partial charge in [-0.25, -0.2) is 0 Å². The second kappa shape index (κ2) is 16.4. The third-order valence-electron chi connectivity index (χ3n) is 9.18. The number of nitrogens with zero attached hydrogens (tertiary/aromatic N) is 1. The monoisotopic (exact) mass is 656 g/mol. The van der Waals surface area contributed by atoms with Crippen LogP contribution in [0.25, 0.3) is 0 Å². The van der Waals surface area contributed by atoms with Gasteiger partial charge in [0, 0.05) is 31.3 Å². The molecule has 1 N–H and O–H groups in total. The van der Waals surface area contributed by atoms with Gasteiger partial charge in [0.2, 0.25) is 0 Å². The van der Waals surface area contributed by atoms with E-state index in [1.165, 1.54) is 4.90 Å². The van der Waals surface area contributed by atoms with E-state index in [1.807, 2.05) is 109 Å². The smallest absolute Gasteiger partial charge is 0.143 e.